The van der Waals surface area contributed by atoms with Gasteiger partial charge in [0.1, 0.15) is 17.8 Å². The predicted octanol–water partition coefficient (Wildman–Crippen LogP) is 2.18. The average Bonchev–Trinajstić information content (AvgIpc) is 2.48. The lowest BCUT2D eigenvalue weighted by Gasteiger charge is -2.08. The number of ether oxygens (including phenoxy) is 1. The first-order valence-corrected chi connectivity index (χ1v) is 6.12. The van der Waals surface area contributed by atoms with Crippen LogP contribution in [-0.4, -0.2) is 22.9 Å². The minimum absolute atomic E-state index is 0.127. The molecule has 0 saturated carbocycles. The highest BCUT2D eigenvalue weighted by molar-refractivity contribution is 5.91. The van der Waals surface area contributed by atoms with Gasteiger partial charge in [-0.25, -0.2) is 4.98 Å². The normalized spacial score (nSPS) is 9.95. The Bertz CT molecular complexity index is 656. The van der Waals surface area contributed by atoms with Crippen LogP contribution in [0.15, 0.2) is 42.6 Å². The summed E-state index contributed by atoms with van der Waals surface area (Å²) in [5, 5.41) is 13.1. The molecule has 1 N–H and O–H groups in total. The van der Waals surface area contributed by atoms with Crippen LogP contribution in [0.4, 0.5) is 11.5 Å². The summed E-state index contributed by atoms with van der Waals surface area (Å²) in [6, 6.07) is 9.87. The number of methoxy groups -OCH3 is 1. The zero-order chi connectivity index (χ0) is 15.2. The summed E-state index contributed by atoms with van der Waals surface area (Å²) < 4.78 is 5.17. The third kappa shape index (κ3) is 3.75. The van der Waals surface area contributed by atoms with Crippen molar-refractivity contribution in [1.82, 2.24) is 4.98 Å². The maximum absolute atomic E-state index is 11.9. The number of nitrogens with zero attached hydrogens (tertiary/aromatic N) is 2. The zero-order valence-corrected chi connectivity index (χ0v) is 11.3. The third-order valence-electron chi connectivity index (χ3n) is 2.77. The van der Waals surface area contributed by atoms with E-state index in [0.717, 1.165) is 11.8 Å². The first kappa shape index (κ1) is 14.4. The van der Waals surface area contributed by atoms with Crippen LogP contribution in [0.5, 0.6) is 5.75 Å². The fourth-order valence-electron chi connectivity index (χ4n) is 1.78. The van der Waals surface area contributed by atoms with Crippen LogP contribution >= 0.6 is 0 Å². The minimum atomic E-state index is -0.548. The van der Waals surface area contributed by atoms with Gasteiger partial charge >= 0.3 is 0 Å². The molecule has 1 amide bonds. The van der Waals surface area contributed by atoms with E-state index >= 15 is 0 Å². The molecule has 1 aromatic heterocycles. The van der Waals surface area contributed by atoms with Gasteiger partial charge in [0, 0.05) is 11.6 Å². The molecule has 1 aromatic carbocycles. The number of aromatic nitrogens is 1. The predicted molar refractivity (Wildman–Crippen MR) is 76.2 cm³/mol. The second kappa shape index (κ2) is 6.47. The average molecular weight is 287 g/mol. The van der Waals surface area contributed by atoms with E-state index in [0.29, 0.717) is 5.75 Å². The molecule has 0 spiro atoms. The lowest BCUT2D eigenvalue weighted by atomic mass is 10.1. The first-order chi connectivity index (χ1) is 10.1. The Labute approximate surface area is 120 Å². The summed E-state index contributed by atoms with van der Waals surface area (Å²) in [5.41, 5.74) is 0.622. The number of para-hydroxylation sites is 1. The molecule has 0 radical (unpaired) electrons. The van der Waals surface area contributed by atoms with Crippen molar-refractivity contribution < 1.29 is 14.5 Å². The molecule has 0 unspecified atom stereocenters. The summed E-state index contributed by atoms with van der Waals surface area (Å²) in [4.78, 5) is 25.7. The molecule has 0 bridgehead atoms. The Hall–Kier alpha value is -2.96. The molecule has 0 aliphatic carbocycles. The smallest absolute Gasteiger partial charge is 0.287 e. The second-order valence-corrected chi connectivity index (χ2v) is 4.20. The number of carbonyl (C=O) groups is 1. The van der Waals surface area contributed by atoms with E-state index in [1.54, 1.807) is 12.1 Å². The highest BCUT2D eigenvalue weighted by atomic mass is 16.6. The van der Waals surface area contributed by atoms with Crippen molar-refractivity contribution in [2.75, 3.05) is 12.4 Å². The second-order valence-electron chi connectivity index (χ2n) is 4.20. The van der Waals surface area contributed by atoms with E-state index in [2.05, 4.69) is 10.3 Å². The first-order valence-electron chi connectivity index (χ1n) is 6.12. The quantitative estimate of drug-likeness (QED) is 0.671. The van der Waals surface area contributed by atoms with Gasteiger partial charge in [0.2, 0.25) is 5.91 Å². The van der Waals surface area contributed by atoms with Crippen LogP contribution in [0.25, 0.3) is 0 Å². The van der Waals surface area contributed by atoms with E-state index in [4.69, 9.17) is 4.74 Å². The molecule has 0 atom stereocenters. The maximum Gasteiger partial charge on any atom is 0.287 e. The highest BCUT2D eigenvalue weighted by Crippen LogP contribution is 2.18. The van der Waals surface area contributed by atoms with Crippen LogP contribution in [0.1, 0.15) is 5.56 Å². The lowest BCUT2D eigenvalue weighted by molar-refractivity contribution is -0.385. The van der Waals surface area contributed by atoms with Crippen molar-refractivity contribution in [2.45, 2.75) is 6.42 Å². The topological polar surface area (TPSA) is 94.4 Å². The molecule has 108 valence electrons. The largest absolute Gasteiger partial charge is 0.496 e. The molecule has 7 nitrogen and oxygen atoms in total. The van der Waals surface area contributed by atoms with Crippen LogP contribution in [0.2, 0.25) is 0 Å². The number of nitrogens with one attached hydrogen (secondary N) is 1. The number of hydrogen-bond acceptors (Lipinski definition) is 5. The molecule has 1 heterocycles. The van der Waals surface area contributed by atoms with Crippen LogP contribution in [-0.2, 0) is 11.2 Å². The van der Waals surface area contributed by atoms with Crippen molar-refractivity contribution in [3.63, 3.8) is 0 Å². The summed E-state index contributed by atoms with van der Waals surface area (Å²) in [6.07, 6.45) is 1.22. The highest BCUT2D eigenvalue weighted by Gasteiger charge is 2.10. The Balaban J connectivity index is 2.03. The van der Waals surface area contributed by atoms with Gasteiger partial charge in [-0.1, -0.05) is 18.2 Å². The van der Waals surface area contributed by atoms with Gasteiger partial charge in [0.15, 0.2) is 0 Å². The maximum atomic E-state index is 11.9. The summed E-state index contributed by atoms with van der Waals surface area (Å²) in [5.74, 6) is 0.616. The molecular formula is C14H13N3O4. The fourth-order valence-corrected chi connectivity index (χ4v) is 1.78. The van der Waals surface area contributed by atoms with Crippen molar-refractivity contribution in [3.8, 4) is 5.75 Å². The summed E-state index contributed by atoms with van der Waals surface area (Å²) in [7, 11) is 1.54. The van der Waals surface area contributed by atoms with E-state index in [1.807, 2.05) is 12.1 Å². The van der Waals surface area contributed by atoms with Crippen LogP contribution < -0.4 is 10.1 Å². The Morgan fingerprint density at radius 1 is 1.33 bits per heavy atom. The number of nitro groups is 1. The number of pyridine rings is 1. The summed E-state index contributed by atoms with van der Waals surface area (Å²) >= 11 is 0. The van der Waals surface area contributed by atoms with Crippen molar-refractivity contribution in [2.24, 2.45) is 0 Å². The monoisotopic (exact) mass is 287 g/mol. The number of anilines is 1. The Morgan fingerprint density at radius 3 is 2.71 bits per heavy atom. The minimum Gasteiger partial charge on any atom is -0.496 e. The zero-order valence-electron chi connectivity index (χ0n) is 11.3. The number of benzene rings is 1. The molecule has 0 aliphatic heterocycles. The third-order valence-corrected chi connectivity index (χ3v) is 2.77. The molecule has 0 saturated heterocycles. The van der Waals surface area contributed by atoms with Gasteiger partial charge in [0.25, 0.3) is 5.69 Å². The number of amides is 1. The Kier molecular flexibility index (Phi) is 4.45. The molecule has 2 rings (SSSR count). The van der Waals surface area contributed by atoms with Crippen molar-refractivity contribution in [3.05, 3.63) is 58.3 Å². The van der Waals surface area contributed by atoms with E-state index < -0.39 is 4.92 Å². The molecule has 0 aliphatic rings. The van der Waals surface area contributed by atoms with Gasteiger partial charge in [-0.15, -0.1) is 0 Å². The van der Waals surface area contributed by atoms with Crippen molar-refractivity contribution >= 4 is 17.4 Å². The molecule has 21 heavy (non-hydrogen) atoms. The number of carbonyl (C=O) groups excluding carboxylic acids is 1. The van der Waals surface area contributed by atoms with E-state index in [9.17, 15) is 14.9 Å². The summed E-state index contributed by atoms with van der Waals surface area (Å²) in [6.45, 7) is 0. The molecule has 0 fully saturated rings. The van der Waals surface area contributed by atoms with Crippen LogP contribution in [0.3, 0.4) is 0 Å². The molecule has 2 aromatic rings. The van der Waals surface area contributed by atoms with Gasteiger partial charge in [-0.2, -0.15) is 0 Å². The number of hydrogen-bond donors (Lipinski definition) is 1. The van der Waals surface area contributed by atoms with Gasteiger partial charge in [-0.05, 0) is 12.1 Å². The molecule has 7 heteroatoms. The SMILES string of the molecule is COc1ccccc1CC(=O)Nc1ccc([N+](=O)[O-])cn1. The van der Waals surface area contributed by atoms with E-state index in [-0.39, 0.29) is 23.8 Å². The van der Waals surface area contributed by atoms with Crippen molar-refractivity contribution in [1.29, 1.82) is 0 Å². The van der Waals surface area contributed by atoms with E-state index in [1.165, 1.54) is 19.2 Å². The fraction of sp³-hybridized carbons (Fsp3) is 0.143. The number of rotatable bonds is 5. The van der Waals surface area contributed by atoms with Gasteiger partial charge < -0.3 is 10.1 Å². The van der Waals surface area contributed by atoms with Crippen LogP contribution in [0, 0.1) is 10.1 Å². The Morgan fingerprint density at radius 2 is 2.10 bits per heavy atom. The van der Waals surface area contributed by atoms with Gasteiger partial charge in [0.05, 0.1) is 18.5 Å². The van der Waals surface area contributed by atoms with Gasteiger partial charge in [-0.3, -0.25) is 14.9 Å². The standard InChI is InChI=1S/C14H13N3O4/c1-21-12-5-3-2-4-10(12)8-14(18)16-13-7-6-11(9-15-13)17(19)20/h2-7,9H,8H2,1H3,(H,15,16,18). The molecular weight excluding hydrogens is 274 g/mol. The lowest BCUT2D eigenvalue weighted by Crippen LogP contribution is -2.15.